The maximum Gasteiger partial charge on any atom is 0.249 e. The molecular weight excluding hydrogens is 350 g/mol. The number of aromatic nitrogens is 3. The molecular formula is C21H25N7. The second kappa shape index (κ2) is 8.67. The summed E-state index contributed by atoms with van der Waals surface area (Å²) in [5, 5.41) is 14.6. The smallest absolute Gasteiger partial charge is 0.249 e. The van der Waals surface area contributed by atoms with Gasteiger partial charge in [-0.1, -0.05) is 30.3 Å². The summed E-state index contributed by atoms with van der Waals surface area (Å²) in [4.78, 5) is 9.26. The van der Waals surface area contributed by atoms with E-state index in [-0.39, 0.29) is 0 Å². The van der Waals surface area contributed by atoms with Crippen LogP contribution in [0.5, 0.6) is 0 Å². The van der Waals surface area contributed by atoms with E-state index in [1.807, 2.05) is 18.2 Å². The summed E-state index contributed by atoms with van der Waals surface area (Å²) in [6, 6.07) is 18.6. The van der Waals surface area contributed by atoms with Gasteiger partial charge in [0.1, 0.15) is 0 Å². The molecule has 28 heavy (non-hydrogen) atoms. The number of rotatable bonds is 6. The molecule has 144 valence electrons. The number of nitrogens with one attached hydrogen (secondary N) is 2. The Kier molecular flexibility index (Phi) is 5.63. The third kappa shape index (κ3) is 4.75. The predicted octanol–water partition coefficient (Wildman–Crippen LogP) is 2.98. The Balaban J connectivity index is 1.36. The van der Waals surface area contributed by atoms with E-state index in [0.29, 0.717) is 18.3 Å². The molecule has 4 rings (SSSR count). The summed E-state index contributed by atoms with van der Waals surface area (Å²) in [6.45, 7) is 5.01. The van der Waals surface area contributed by atoms with Gasteiger partial charge in [-0.05, 0) is 36.9 Å². The highest BCUT2D eigenvalue weighted by atomic mass is 15.3. The van der Waals surface area contributed by atoms with Gasteiger partial charge in [0.15, 0.2) is 5.82 Å². The lowest BCUT2D eigenvalue weighted by Crippen LogP contribution is -2.44. The van der Waals surface area contributed by atoms with Gasteiger partial charge in [0.05, 0.1) is 6.20 Å². The molecule has 2 N–H and O–H groups in total. The first kappa shape index (κ1) is 18.2. The Morgan fingerprint density at radius 1 is 0.929 bits per heavy atom. The molecule has 0 aliphatic carbocycles. The van der Waals surface area contributed by atoms with Gasteiger partial charge in [0, 0.05) is 44.1 Å². The largest absolute Gasteiger partial charge is 0.369 e. The molecule has 1 saturated heterocycles. The summed E-state index contributed by atoms with van der Waals surface area (Å²) in [7, 11) is 2.17. The molecule has 1 aromatic heterocycles. The van der Waals surface area contributed by atoms with E-state index >= 15 is 0 Å². The van der Waals surface area contributed by atoms with Crippen LogP contribution in [-0.4, -0.2) is 53.3 Å². The minimum absolute atomic E-state index is 0.477. The highest BCUT2D eigenvalue weighted by Crippen LogP contribution is 2.21. The van der Waals surface area contributed by atoms with Crippen LogP contribution < -0.4 is 15.5 Å². The highest BCUT2D eigenvalue weighted by Gasteiger charge is 2.14. The van der Waals surface area contributed by atoms with Crippen LogP contribution >= 0.6 is 0 Å². The van der Waals surface area contributed by atoms with Crippen molar-refractivity contribution in [2.75, 3.05) is 48.8 Å². The number of hydrogen-bond acceptors (Lipinski definition) is 7. The zero-order chi connectivity index (χ0) is 19.2. The van der Waals surface area contributed by atoms with Gasteiger partial charge in [0.2, 0.25) is 5.95 Å². The first-order valence-corrected chi connectivity index (χ1v) is 9.54. The van der Waals surface area contributed by atoms with Crippen LogP contribution in [0.1, 0.15) is 5.56 Å². The summed E-state index contributed by atoms with van der Waals surface area (Å²) < 4.78 is 0. The van der Waals surface area contributed by atoms with Crippen molar-refractivity contribution in [1.82, 2.24) is 20.1 Å². The van der Waals surface area contributed by atoms with Crippen LogP contribution in [0, 0.1) is 0 Å². The molecule has 0 bridgehead atoms. The fourth-order valence-corrected chi connectivity index (χ4v) is 3.18. The van der Waals surface area contributed by atoms with Crippen LogP contribution in [0.25, 0.3) is 0 Å². The number of hydrogen-bond donors (Lipinski definition) is 2. The molecule has 3 aromatic rings. The Morgan fingerprint density at radius 3 is 2.43 bits per heavy atom. The van der Waals surface area contributed by atoms with Crippen molar-refractivity contribution in [2.24, 2.45) is 0 Å². The van der Waals surface area contributed by atoms with Gasteiger partial charge in [-0.25, -0.2) is 0 Å². The zero-order valence-corrected chi connectivity index (χ0v) is 16.0. The van der Waals surface area contributed by atoms with Crippen molar-refractivity contribution in [1.29, 1.82) is 0 Å². The van der Waals surface area contributed by atoms with E-state index in [1.165, 1.54) is 11.3 Å². The molecule has 1 aliphatic rings. The van der Waals surface area contributed by atoms with E-state index in [0.717, 1.165) is 31.9 Å². The predicted molar refractivity (Wildman–Crippen MR) is 113 cm³/mol. The van der Waals surface area contributed by atoms with E-state index in [2.05, 4.69) is 79.1 Å². The summed E-state index contributed by atoms with van der Waals surface area (Å²) in [6.07, 6.45) is 1.63. The fraction of sp³-hybridized carbons (Fsp3) is 0.286. The number of piperazine rings is 1. The van der Waals surface area contributed by atoms with Crippen molar-refractivity contribution >= 4 is 23.1 Å². The van der Waals surface area contributed by atoms with Crippen molar-refractivity contribution in [3.63, 3.8) is 0 Å². The fourth-order valence-electron chi connectivity index (χ4n) is 3.18. The second-order valence-corrected chi connectivity index (χ2v) is 6.97. The third-order valence-corrected chi connectivity index (χ3v) is 4.87. The van der Waals surface area contributed by atoms with Crippen LogP contribution in [0.2, 0.25) is 0 Å². The average molecular weight is 375 g/mol. The Morgan fingerprint density at radius 2 is 1.68 bits per heavy atom. The Labute approximate surface area is 165 Å². The summed E-state index contributed by atoms with van der Waals surface area (Å²) in [5.41, 5.74) is 3.38. The Hall–Kier alpha value is -3.19. The molecule has 0 atom stereocenters. The minimum Gasteiger partial charge on any atom is -0.369 e. The van der Waals surface area contributed by atoms with E-state index in [1.54, 1.807) is 6.20 Å². The topological polar surface area (TPSA) is 69.2 Å². The number of benzene rings is 2. The third-order valence-electron chi connectivity index (χ3n) is 4.87. The van der Waals surface area contributed by atoms with E-state index in [9.17, 15) is 0 Å². The molecule has 1 aliphatic heterocycles. The molecule has 2 heterocycles. The van der Waals surface area contributed by atoms with Crippen LogP contribution in [0.15, 0.2) is 60.8 Å². The molecule has 7 nitrogen and oxygen atoms in total. The van der Waals surface area contributed by atoms with Crippen molar-refractivity contribution in [3.8, 4) is 0 Å². The average Bonchev–Trinajstić information content (AvgIpc) is 2.75. The summed E-state index contributed by atoms with van der Waals surface area (Å²) in [5.74, 6) is 1.17. The van der Waals surface area contributed by atoms with Gasteiger partial charge in [-0.15, -0.1) is 5.10 Å². The maximum absolute atomic E-state index is 4.49. The molecule has 7 heteroatoms. The molecule has 0 saturated carbocycles. The molecule has 2 aromatic carbocycles. The van der Waals surface area contributed by atoms with Crippen molar-refractivity contribution < 1.29 is 0 Å². The lowest BCUT2D eigenvalue weighted by Gasteiger charge is -2.34. The zero-order valence-electron chi connectivity index (χ0n) is 16.0. The minimum atomic E-state index is 0.477. The quantitative estimate of drug-likeness (QED) is 0.686. The van der Waals surface area contributed by atoms with Gasteiger partial charge < -0.3 is 20.4 Å². The van der Waals surface area contributed by atoms with E-state index in [4.69, 9.17) is 0 Å². The second-order valence-electron chi connectivity index (χ2n) is 6.97. The normalized spacial score (nSPS) is 14.7. The highest BCUT2D eigenvalue weighted by molar-refractivity contribution is 5.59. The monoisotopic (exact) mass is 375 g/mol. The van der Waals surface area contributed by atoms with Crippen molar-refractivity contribution in [2.45, 2.75) is 6.54 Å². The molecule has 0 amide bonds. The maximum atomic E-state index is 4.49. The lowest BCUT2D eigenvalue weighted by molar-refractivity contribution is 0.313. The van der Waals surface area contributed by atoms with E-state index < -0.39 is 0 Å². The SMILES string of the molecule is CN1CCN(c2ccc(Nc3nncc(NCc4ccccc4)n3)cc2)CC1. The number of anilines is 4. The molecule has 0 spiro atoms. The lowest BCUT2D eigenvalue weighted by atomic mass is 10.2. The standard InChI is InChI=1S/C21H25N7/c1-27-11-13-28(14-12-27)19-9-7-18(8-10-19)24-21-25-20(16-23-26-21)22-15-17-5-3-2-4-6-17/h2-10,16H,11-15H2,1H3,(H2,22,24,25,26). The van der Waals surface area contributed by atoms with Gasteiger partial charge >= 0.3 is 0 Å². The summed E-state index contributed by atoms with van der Waals surface area (Å²) >= 11 is 0. The van der Waals surface area contributed by atoms with Crippen LogP contribution in [0.3, 0.4) is 0 Å². The van der Waals surface area contributed by atoms with Gasteiger partial charge in [0.25, 0.3) is 0 Å². The molecule has 1 fully saturated rings. The van der Waals surface area contributed by atoms with Crippen LogP contribution in [0.4, 0.5) is 23.1 Å². The van der Waals surface area contributed by atoms with Crippen molar-refractivity contribution in [3.05, 3.63) is 66.4 Å². The first-order chi connectivity index (χ1) is 13.8. The first-order valence-electron chi connectivity index (χ1n) is 9.54. The number of likely N-dealkylation sites (N-methyl/N-ethyl adjacent to an activating group) is 1. The van der Waals surface area contributed by atoms with Gasteiger partial charge in [-0.2, -0.15) is 10.1 Å². The Bertz CT molecular complexity index is 875. The van der Waals surface area contributed by atoms with Gasteiger partial charge in [-0.3, -0.25) is 0 Å². The number of nitrogens with zero attached hydrogens (tertiary/aromatic N) is 5. The molecule has 0 radical (unpaired) electrons. The van der Waals surface area contributed by atoms with Crippen LogP contribution in [-0.2, 0) is 6.54 Å². The molecule has 0 unspecified atom stereocenters.